The molecule has 0 aliphatic carbocycles. The molecule has 1 heterocycles. The van der Waals surface area contributed by atoms with Gasteiger partial charge in [0.05, 0.1) is 10.3 Å². The molecule has 116 valence electrons. The topological polar surface area (TPSA) is 105 Å². The third-order valence-electron chi connectivity index (χ3n) is 3.33. The monoisotopic (exact) mass is 303 g/mol. The van der Waals surface area contributed by atoms with Gasteiger partial charge in [0, 0.05) is 29.5 Å². The number of benzene rings is 1. The number of aromatic nitrogens is 1. The van der Waals surface area contributed by atoms with Crippen molar-refractivity contribution in [3.8, 4) is 0 Å². The Labute approximate surface area is 127 Å². The summed E-state index contributed by atoms with van der Waals surface area (Å²) in [5, 5.41) is 24.3. The third kappa shape index (κ3) is 3.30. The molecule has 0 amide bonds. The number of nitro groups is 1. The largest absolute Gasteiger partial charge is 0.480 e. The number of hydrogen-bond donors (Lipinski definition) is 2. The molecule has 1 aromatic carbocycles. The van der Waals surface area contributed by atoms with Gasteiger partial charge in [0.15, 0.2) is 0 Å². The molecule has 0 saturated heterocycles. The van der Waals surface area contributed by atoms with Crippen LogP contribution >= 0.6 is 0 Å². The van der Waals surface area contributed by atoms with E-state index in [2.05, 4.69) is 10.3 Å². The van der Waals surface area contributed by atoms with Crippen molar-refractivity contribution in [2.45, 2.75) is 26.3 Å². The van der Waals surface area contributed by atoms with Crippen molar-refractivity contribution in [3.05, 3.63) is 40.7 Å². The molecule has 0 saturated carbocycles. The molecule has 2 aromatic rings. The van der Waals surface area contributed by atoms with Crippen LogP contribution in [0.25, 0.3) is 10.8 Å². The number of carbonyl (C=O) groups is 1. The number of aliphatic carboxylic acids is 1. The van der Waals surface area contributed by atoms with E-state index in [1.807, 2.05) is 13.8 Å². The summed E-state index contributed by atoms with van der Waals surface area (Å²) in [4.78, 5) is 25.9. The number of anilines is 1. The summed E-state index contributed by atoms with van der Waals surface area (Å²) in [6, 6.07) is 3.79. The molecule has 22 heavy (non-hydrogen) atoms. The number of carboxylic acid groups (broad SMARTS) is 1. The van der Waals surface area contributed by atoms with Crippen molar-refractivity contribution in [1.29, 1.82) is 0 Å². The van der Waals surface area contributed by atoms with Crippen molar-refractivity contribution >= 4 is 28.1 Å². The van der Waals surface area contributed by atoms with Gasteiger partial charge in [-0.2, -0.15) is 0 Å². The van der Waals surface area contributed by atoms with Gasteiger partial charge in [0.2, 0.25) is 0 Å². The number of fused-ring (bicyclic) bond motifs is 1. The first kappa shape index (κ1) is 15.7. The molecule has 1 aromatic heterocycles. The summed E-state index contributed by atoms with van der Waals surface area (Å²) < 4.78 is 0. The van der Waals surface area contributed by atoms with Gasteiger partial charge in [0.1, 0.15) is 6.04 Å². The Morgan fingerprint density at radius 2 is 2.09 bits per heavy atom. The highest BCUT2D eigenvalue weighted by Gasteiger charge is 2.21. The number of non-ortho nitro benzene ring substituents is 1. The minimum Gasteiger partial charge on any atom is -0.480 e. The van der Waals surface area contributed by atoms with Gasteiger partial charge in [-0.05, 0) is 24.5 Å². The normalized spacial score (nSPS) is 12.3. The molecule has 0 radical (unpaired) electrons. The van der Waals surface area contributed by atoms with E-state index in [0.717, 1.165) is 0 Å². The van der Waals surface area contributed by atoms with E-state index in [4.69, 9.17) is 0 Å². The molecule has 0 bridgehead atoms. The molecular formula is C15H17N3O4. The summed E-state index contributed by atoms with van der Waals surface area (Å²) in [7, 11) is 0. The summed E-state index contributed by atoms with van der Waals surface area (Å²) in [5.74, 6) is -0.742. The number of hydrogen-bond acceptors (Lipinski definition) is 5. The van der Waals surface area contributed by atoms with Gasteiger partial charge in [0.25, 0.3) is 5.69 Å². The van der Waals surface area contributed by atoms with Gasteiger partial charge in [-0.1, -0.05) is 13.8 Å². The molecule has 7 nitrogen and oxygen atoms in total. The maximum absolute atomic E-state index is 11.4. The van der Waals surface area contributed by atoms with Gasteiger partial charge < -0.3 is 10.4 Å². The molecule has 0 aliphatic rings. The Morgan fingerprint density at radius 3 is 2.68 bits per heavy atom. The van der Waals surface area contributed by atoms with Gasteiger partial charge in [-0.15, -0.1) is 0 Å². The van der Waals surface area contributed by atoms with Crippen molar-refractivity contribution in [3.63, 3.8) is 0 Å². The average molecular weight is 303 g/mol. The number of rotatable bonds is 6. The first-order valence-corrected chi connectivity index (χ1v) is 6.90. The summed E-state index contributed by atoms with van der Waals surface area (Å²) in [5.41, 5.74) is 0.500. The number of nitrogens with one attached hydrogen (secondary N) is 1. The molecule has 0 unspecified atom stereocenters. The third-order valence-corrected chi connectivity index (χ3v) is 3.33. The summed E-state index contributed by atoms with van der Waals surface area (Å²) in [6.45, 7) is 3.88. The van der Waals surface area contributed by atoms with Crippen LogP contribution in [0.3, 0.4) is 0 Å². The Kier molecular flexibility index (Phi) is 4.55. The van der Waals surface area contributed by atoms with Gasteiger partial charge in [-0.25, -0.2) is 4.79 Å². The van der Waals surface area contributed by atoms with Crippen LogP contribution in [0.2, 0.25) is 0 Å². The molecule has 0 spiro atoms. The minimum atomic E-state index is -0.950. The Balaban J connectivity index is 2.46. The quantitative estimate of drug-likeness (QED) is 0.627. The molecule has 0 aliphatic heterocycles. The lowest BCUT2D eigenvalue weighted by Gasteiger charge is -2.18. The van der Waals surface area contributed by atoms with Crippen LogP contribution in [0.1, 0.15) is 20.3 Å². The second kappa shape index (κ2) is 6.38. The van der Waals surface area contributed by atoms with E-state index >= 15 is 0 Å². The van der Waals surface area contributed by atoms with Crippen LogP contribution in [-0.4, -0.2) is 27.0 Å². The molecule has 0 fully saturated rings. The van der Waals surface area contributed by atoms with E-state index in [-0.39, 0.29) is 11.6 Å². The van der Waals surface area contributed by atoms with Gasteiger partial charge in [-0.3, -0.25) is 15.1 Å². The molecule has 1 atom stereocenters. The highest BCUT2D eigenvalue weighted by atomic mass is 16.6. The van der Waals surface area contributed by atoms with E-state index in [1.165, 1.54) is 24.5 Å². The Hall–Kier alpha value is -2.70. The fourth-order valence-corrected chi connectivity index (χ4v) is 2.34. The first-order chi connectivity index (χ1) is 10.4. The first-order valence-electron chi connectivity index (χ1n) is 6.90. The summed E-state index contributed by atoms with van der Waals surface area (Å²) >= 11 is 0. The zero-order valence-electron chi connectivity index (χ0n) is 12.3. The van der Waals surface area contributed by atoms with E-state index in [0.29, 0.717) is 22.9 Å². The molecule has 2 rings (SSSR count). The molecule has 2 N–H and O–H groups in total. The maximum atomic E-state index is 11.4. The Bertz CT molecular complexity index is 715. The highest BCUT2D eigenvalue weighted by Crippen LogP contribution is 2.31. The maximum Gasteiger partial charge on any atom is 0.326 e. The van der Waals surface area contributed by atoms with Crippen molar-refractivity contribution < 1.29 is 14.8 Å². The second-order valence-corrected chi connectivity index (χ2v) is 5.48. The fourth-order valence-electron chi connectivity index (χ4n) is 2.34. The lowest BCUT2D eigenvalue weighted by atomic mass is 10.0. The van der Waals surface area contributed by atoms with Crippen molar-refractivity contribution in [2.75, 3.05) is 5.32 Å². The minimum absolute atomic E-state index is 0.0515. The fraction of sp³-hybridized carbons (Fsp3) is 0.333. The van der Waals surface area contributed by atoms with Crippen LogP contribution in [0, 0.1) is 16.0 Å². The SMILES string of the molecule is CC(C)C[C@H](Nc1ccc([N+](=O)[O-])c2cnccc12)C(=O)O. The second-order valence-electron chi connectivity index (χ2n) is 5.48. The standard InChI is InChI=1S/C15H17N3O4/c1-9(2)7-13(15(19)20)17-12-3-4-14(18(21)22)11-8-16-6-5-10(11)12/h3-6,8-9,13,17H,7H2,1-2H3,(H,19,20)/t13-/m0/s1. The number of nitrogens with zero attached hydrogens (tertiary/aromatic N) is 2. The van der Waals surface area contributed by atoms with Crippen LogP contribution in [0.4, 0.5) is 11.4 Å². The predicted molar refractivity (Wildman–Crippen MR) is 82.9 cm³/mol. The van der Waals surface area contributed by atoms with Crippen LogP contribution < -0.4 is 5.32 Å². The average Bonchev–Trinajstić information content (AvgIpc) is 2.45. The lowest BCUT2D eigenvalue weighted by molar-refractivity contribution is -0.383. The van der Waals surface area contributed by atoms with E-state index in [9.17, 15) is 20.0 Å². The smallest absolute Gasteiger partial charge is 0.326 e. The van der Waals surface area contributed by atoms with Crippen molar-refractivity contribution in [1.82, 2.24) is 4.98 Å². The highest BCUT2D eigenvalue weighted by molar-refractivity contribution is 6.00. The molecular weight excluding hydrogens is 286 g/mol. The lowest BCUT2D eigenvalue weighted by Crippen LogP contribution is -2.30. The van der Waals surface area contributed by atoms with E-state index in [1.54, 1.807) is 6.07 Å². The molecule has 7 heteroatoms. The summed E-state index contributed by atoms with van der Waals surface area (Å²) in [6.07, 6.45) is 3.39. The van der Waals surface area contributed by atoms with Crippen LogP contribution in [-0.2, 0) is 4.79 Å². The zero-order chi connectivity index (χ0) is 16.3. The Morgan fingerprint density at radius 1 is 1.36 bits per heavy atom. The van der Waals surface area contributed by atoms with Crippen LogP contribution in [0.5, 0.6) is 0 Å². The number of pyridine rings is 1. The van der Waals surface area contributed by atoms with E-state index < -0.39 is 16.9 Å². The number of carboxylic acids is 1. The van der Waals surface area contributed by atoms with Gasteiger partial charge >= 0.3 is 5.97 Å². The zero-order valence-corrected chi connectivity index (χ0v) is 12.3. The predicted octanol–water partition coefficient (Wildman–Crippen LogP) is 3.05. The number of nitro benzene ring substituents is 1. The van der Waals surface area contributed by atoms with Crippen molar-refractivity contribution in [2.24, 2.45) is 5.92 Å². The van der Waals surface area contributed by atoms with Crippen LogP contribution in [0.15, 0.2) is 30.6 Å².